The van der Waals surface area contributed by atoms with Crippen molar-refractivity contribution in [3.8, 4) is 11.3 Å². The molecule has 0 bridgehead atoms. The second-order valence-electron chi connectivity index (χ2n) is 8.00. The fourth-order valence-electron chi connectivity index (χ4n) is 4.43. The van der Waals surface area contributed by atoms with Crippen molar-refractivity contribution in [1.82, 2.24) is 19.7 Å². The average Bonchev–Trinajstić information content (AvgIpc) is 3.28. The molecule has 4 rings (SSSR count). The van der Waals surface area contributed by atoms with Crippen LogP contribution in [0.25, 0.3) is 11.3 Å². The van der Waals surface area contributed by atoms with E-state index in [0.717, 1.165) is 55.2 Å². The minimum atomic E-state index is 0.355. The molecule has 2 aromatic heterocycles. The number of nitrogens with one attached hydrogen (secondary N) is 1. The summed E-state index contributed by atoms with van der Waals surface area (Å²) in [6.45, 7) is 0. The summed E-state index contributed by atoms with van der Waals surface area (Å²) in [6.07, 6.45) is 14.6. The molecule has 6 heteroatoms. The van der Waals surface area contributed by atoms with E-state index >= 15 is 0 Å². The van der Waals surface area contributed by atoms with Crippen molar-refractivity contribution in [3.63, 3.8) is 0 Å². The molecule has 0 aliphatic heterocycles. The molecule has 0 unspecified atom stereocenters. The van der Waals surface area contributed by atoms with Gasteiger partial charge >= 0.3 is 0 Å². The standard InChI is InChI=1S/C20H30N6/c1-26-19(12-14-4-2-3-5-14)17(13-23-26)18-10-11-22-20(25-18)24-16-8-6-15(21)7-9-16/h10-11,13-16H,2-9,12,21H2,1H3,(H,22,24,25)/t15-,16-. The van der Waals surface area contributed by atoms with Crippen molar-refractivity contribution in [2.45, 2.75) is 69.9 Å². The van der Waals surface area contributed by atoms with Crippen LogP contribution in [0.3, 0.4) is 0 Å². The number of nitrogens with zero attached hydrogens (tertiary/aromatic N) is 4. The molecule has 3 N–H and O–H groups in total. The molecule has 0 aromatic carbocycles. The summed E-state index contributed by atoms with van der Waals surface area (Å²) >= 11 is 0. The lowest BCUT2D eigenvalue weighted by Crippen LogP contribution is -2.33. The third-order valence-corrected chi connectivity index (χ3v) is 6.05. The van der Waals surface area contributed by atoms with Gasteiger partial charge in [-0.1, -0.05) is 25.7 Å². The molecular weight excluding hydrogens is 324 g/mol. The molecule has 0 spiro atoms. The Bertz CT molecular complexity index is 726. The van der Waals surface area contributed by atoms with Gasteiger partial charge in [0.2, 0.25) is 5.95 Å². The molecule has 0 saturated heterocycles. The molecule has 0 atom stereocenters. The van der Waals surface area contributed by atoms with Crippen LogP contribution in [0.15, 0.2) is 18.5 Å². The van der Waals surface area contributed by atoms with Gasteiger partial charge < -0.3 is 11.1 Å². The quantitative estimate of drug-likeness (QED) is 0.861. The first-order chi connectivity index (χ1) is 12.7. The lowest BCUT2D eigenvalue weighted by Gasteiger charge is -2.26. The van der Waals surface area contributed by atoms with Crippen molar-refractivity contribution in [1.29, 1.82) is 0 Å². The first-order valence-corrected chi connectivity index (χ1v) is 10.1. The van der Waals surface area contributed by atoms with E-state index in [9.17, 15) is 0 Å². The Kier molecular flexibility index (Phi) is 5.20. The van der Waals surface area contributed by atoms with Crippen LogP contribution in [-0.4, -0.2) is 31.8 Å². The molecule has 140 valence electrons. The molecule has 2 fully saturated rings. The highest BCUT2D eigenvalue weighted by Gasteiger charge is 2.22. The average molecular weight is 355 g/mol. The molecule has 2 saturated carbocycles. The van der Waals surface area contributed by atoms with Crippen LogP contribution in [-0.2, 0) is 13.5 Å². The van der Waals surface area contributed by atoms with Gasteiger partial charge in [0, 0.05) is 36.6 Å². The smallest absolute Gasteiger partial charge is 0.223 e. The maximum Gasteiger partial charge on any atom is 0.223 e. The van der Waals surface area contributed by atoms with Crippen molar-refractivity contribution in [3.05, 3.63) is 24.2 Å². The summed E-state index contributed by atoms with van der Waals surface area (Å²) in [5.74, 6) is 1.51. The van der Waals surface area contributed by atoms with E-state index in [2.05, 4.69) is 15.4 Å². The van der Waals surface area contributed by atoms with Gasteiger partial charge in [0.25, 0.3) is 0 Å². The molecular formula is C20H30N6. The fourth-order valence-corrected chi connectivity index (χ4v) is 4.43. The predicted octanol–water partition coefficient (Wildman–Crippen LogP) is 3.29. The van der Waals surface area contributed by atoms with E-state index < -0.39 is 0 Å². The summed E-state index contributed by atoms with van der Waals surface area (Å²) in [5, 5.41) is 8.02. The summed E-state index contributed by atoms with van der Waals surface area (Å²) < 4.78 is 2.02. The van der Waals surface area contributed by atoms with Gasteiger partial charge in [0.15, 0.2) is 0 Å². The van der Waals surface area contributed by atoms with Crippen LogP contribution in [0.4, 0.5) is 5.95 Å². The lowest BCUT2D eigenvalue weighted by atomic mass is 9.92. The fraction of sp³-hybridized carbons (Fsp3) is 0.650. The number of aryl methyl sites for hydroxylation is 1. The van der Waals surface area contributed by atoms with E-state index in [1.807, 2.05) is 30.2 Å². The molecule has 2 aliphatic rings. The van der Waals surface area contributed by atoms with Gasteiger partial charge in [0.05, 0.1) is 11.9 Å². The van der Waals surface area contributed by atoms with Gasteiger partial charge in [-0.2, -0.15) is 5.10 Å². The Morgan fingerprint density at radius 1 is 1.15 bits per heavy atom. The number of hydrogen-bond acceptors (Lipinski definition) is 5. The lowest BCUT2D eigenvalue weighted by molar-refractivity contribution is 0.410. The molecule has 26 heavy (non-hydrogen) atoms. The van der Waals surface area contributed by atoms with E-state index in [0.29, 0.717) is 12.1 Å². The van der Waals surface area contributed by atoms with Gasteiger partial charge in [-0.15, -0.1) is 0 Å². The normalized spacial score (nSPS) is 24.1. The van der Waals surface area contributed by atoms with E-state index in [4.69, 9.17) is 10.7 Å². The first-order valence-electron chi connectivity index (χ1n) is 10.1. The van der Waals surface area contributed by atoms with Crippen molar-refractivity contribution < 1.29 is 0 Å². The highest BCUT2D eigenvalue weighted by Crippen LogP contribution is 2.31. The van der Waals surface area contributed by atoms with Crippen LogP contribution in [0.1, 0.15) is 57.1 Å². The Morgan fingerprint density at radius 2 is 1.92 bits per heavy atom. The van der Waals surface area contributed by atoms with Crippen LogP contribution in [0, 0.1) is 5.92 Å². The van der Waals surface area contributed by atoms with E-state index in [1.165, 1.54) is 31.4 Å². The molecule has 2 aromatic rings. The van der Waals surface area contributed by atoms with Crippen LogP contribution in [0.2, 0.25) is 0 Å². The summed E-state index contributed by atoms with van der Waals surface area (Å²) in [5.41, 5.74) is 9.42. The van der Waals surface area contributed by atoms with Gasteiger partial charge in [0.1, 0.15) is 0 Å². The Morgan fingerprint density at radius 3 is 2.69 bits per heavy atom. The summed E-state index contributed by atoms with van der Waals surface area (Å²) in [7, 11) is 2.04. The second-order valence-corrected chi connectivity index (χ2v) is 8.00. The minimum absolute atomic E-state index is 0.355. The number of hydrogen-bond donors (Lipinski definition) is 2. The number of aromatic nitrogens is 4. The minimum Gasteiger partial charge on any atom is -0.351 e. The summed E-state index contributed by atoms with van der Waals surface area (Å²) in [6, 6.07) is 2.78. The summed E-state index contributed by atoms with van der Waals surface area (Å²) in [4.78, 5) is 9.23. The Labute approximate surface area is 155 Å². The van der Waals surface area contributed by atoms with Crippen molar-refractivity contribution >= 4 is 5.95 Å². The van der Waals surface area contributed by atoms with Gasteiger partial charge in [-0.05, 0) is 44.1 Å². The monoisotopic (exact) mass is 354 g/mol. The highest BCUT2D eigenvalue weighted by molar-refractivity contribution is 5.62. The number of nitrogens with two attached hydrogens (primary N) is 1. The number of rotatable bonds is 5. The van der Waals surface area contributed by atoms with E-state index in [1.54, 1.807) is 0 Å². The molecule has 2 aliphatic carbocycles. The third kappa shape index (κ3) is 3.90. The predicted molar refractivity (Wildman–Crippen MR) is 104 cm³/mol. The Hall–Kier alpha value is -1.95. The first kappa shape index (κ1) is 17.5. The molecule has 0 radical (unpaired) electrons. The maximum atomic E-state index is 6.01. The van der Waals surface area contributed by atoms with Crippen LogP contribution in [0.5, 0.6) is 0 Å². The SMILES string of the molecule is Cn1ncc(-c2ccnc(N[C@H]3CC[C@H](N)CC3)n2)c1CC1CCCC1. The zero-order valence-electron chi connectivity index (χ0n) is 15.7. The van der Waals surface area contributed by atoms with Gasteiger partial charge in [-0.3, -0.25) is 4.68 Å². The zero-order valence-corrected chi connectivity index (χ0v) is 15.7. The largest absolute Gasteiger partial charge is 0.351 e. The molecule has 2 heterocycles. The maximum absolute atomic E-state index is 6.01. The second kappa shape index (κ2) is 7.74. The molecule has 6 nitrogen and oxygen atoms in total. The van der Waals surface area contributed by atoms with Crippen molar-refractivity contribution in [2.75, 3.05) is 5.32 Å². The third-order valence-electron chi connectivity index (χ3n) is 6.05. The zero-order chi connectivity index (χ0) is 17.9. The Balaban J connectivity index is 1.51. The van der Waals surface area contributed by atoms with E-state index in [-0.39, 0.29) is 0 Å². The molecule has 0 amide bonds. The topological polar surface area (TPSA) is 81.7 Å². The highest BCUT2D eigenvalue weighted by atomic mass is 15.3. The van der Waals surface area contributed by atoms with Crippen LogP contribution >= 0.6 is 0 Å². The number of anilines is 1. The van der Waals surface area contributed by atoms with Gasteiger partial charge in [-0.25, -0.2) is 9.97 Å². The van der Waals surface area contributed by atoms with Crippen LogP contribution < -0.4 is 11.1 Å². The van der Waals surface area contributed by atoms with Crippen molar-refractivity contribution in [2.24, 2.45) is 18.7 Å².